The van der Waals surface area contributed by atoms with Gasteiger partial charge in [-0.25, -0.2) is 9.18 Å². The number of amides is 2. The lowest BCUT2D eigenvalue weighted by molar-refractivity contribution is -0.121. The number of hydrogen-bond acceptors (Lipinski definition) is 9. The Morgan fingerprint density at radius 3 is 2.39 bits per heavy atom. The lowest BCUT2D eigenvalue weighted by Gasteiger charge is -2.24. The van der Waals surface area contributed by atoms with Crippen molar-refractivity contribution in [2.24, 2.45) is 5.73 Å². The number of nitrogens with zero attached hydrogens (tertiary/aromatic N) is 1. The summed E-state index contributed by atoms with van der Waals surface area (Å²) in [5.41, 5.74) is 10.0. The summed E-state index contributed by atoms with van der Waals surface area (Å²) in [6.07, 6.45) is 4.16. The predicted molar refractivity (Wildman–Crippen MR) is 174 cm³/mol. The van der Waals surface area contributed by atoms with Crippen molar-refractivity contribution in [3.05, 3.63) is 88.7 Å². The Balaban J connectivity index is 1.19. The van der Waals surface area contributed by atoms with Crippen molar-refractivity contribution >= 4 is 46.4 Å². The highest BCUT2D eigenvalue weighted by Gasteiger charge is 2.31. The van der Waals surface area contributed by atoms with Crippen molar-refractivity contribution in [1.29, 1.82) is 0 Å². The first-order chi connectivity index (χ1) is 22.3. The molecular weight excluding hydrogens is 613 g/mol. The Kier molecular flexibility index (Phi) is 10.9. The fraction of sp³-hybridized carbons (Fsp3) is 0.324. The maximum atomic E-state index is 13.6. The number of hydrogen-bond donors (Lipinski definition) is 2. The summed E-state index contributed by atoms with van der Waals surface area (Å²) in [6.45, 7) is 1.77. The van der Waals surface area contributed by atoms with Crippen LogP contribution >= 0.6 is 11.9 Å². The van der Waals surface area contributed by atoms with Gasteiger partial charge in [-0.3, -0.25) is 9.59 Å². The number of ether oxygens (including phenoxy) is 3. The molecule has 5 rings (SSSR count). The molecule has 0 saturated heterocycles. The third-order valence-electron chi connectivity index (χ3n) is 7.52. The maximum Gasteiger partial charge on any atom is 0.338 e. The van der Waals surface area contributed by atoms with E-state index < -0.39 is 18.5 Å². The Labute approximate surface area is 270 Å². The van der Waals surface area contributed by atoms with Gasteiger partial charge in [0.15, 0.2) is 6.61 Å². The Bertz CT molecular complexity index is 1690. The summed E-state index contributed by atoms with van der Waals surface area (Å²) in [5.74, 6) is -1.14. The van der Waals surface area contributed by atoms with Crippen molar-refractivity contribution < 1.29 is 37.4 Å². The van der Waals surface area contributed by atoms with Gasteiger partial charge in [-0.05, 0) is 72.4 Å². The summed E-state index contributed by atoms with van der Waals surface area (Å²) in [4.78, 5) is 35.7. The second-order valence-corrected chi connectivity index (χ2v) is 11.6. The molecule has 0 atom stereocenters. The third-order valence-corrected chi connectivity index (χ3v) is 8.34. The summed E-state index contributed by atoms with van der Waals surface area (Å²) >= 11 is 1.59. The molecule has 1 fully saturated rings. The minimum absolute atomic E-state index is 0.260. The van der Waals surface area contributed by atoms with Crippen LogP contribution < -0.4 is 15.4 Å². The normalized spacial score (nSPS) is 12.7. The molecule has 0 radical (unpaired) electrons. The average molecular weight is 650 g/mol. The van der Waals surface area contributed by atoms with Crippen molar-refractivity contribution in [3.63, 3.8) is 0 Å². The molecule has 1 aliphatic carbocycles. The van der Waals surface area contributed by atoms with Crippen LogP contribution in [-0.2, 0) is 25.6 Å². The highest BCUT2D eigenvalue weighted by Crippen LogP contribution is 2.48. The zero-order chi connectivity index (χ0) is 32.6. The number of esters is 1. The SMILES string of the molecule is CNC(=O)c1c(-c2ccc(F)cc2)oc2cc(N(CCOCCOCc3ccc(C(=O)OCC(N)=O)cc3)SC)c(C3CC3)cc12. The van der Waals surface area contributed by atoms with E-state index in [-0.39, 0.29) is 11.7 Å². The third kappa shape index (κ3) is 8.06. The van der Waals surface area contributed by atoms with E-state index >= 15 is 0 Å². The fourth-order valence-electron chi connectivity index (χ4n) is 5.07. The van der Waals surface area contributed by atoms with E-state index in [0.29, 0.717) is 66.9 Å². The number of nitrogens with one attached hydrogen (secondary N) is 1. The molecule has 4 aromatic rings. The van der Waals surface area contributed by atoms with Crippen molar-refractivity contribution in [3.8, 4) is 11.3 Å². The molecule has 3 aromatic carbocycles. The molecule has 3 N–H and O–H groups in total. The molecule has 46 heavy (non-hydrogen) atoms. The summed E-state index contributed by atoms with van der Waals surface area (Å²) in [7, 11) is 1.58. The monoisotopic (exact) mass is 649 g/mol. The van der Waals surface area contributed by atoms with E-state index in [1.807, 2.05) is 12.3 Å². The van der Waals surface area contributed by atoms with Crippen LogP contribution in [0.4, 0.5) is 10.1 Å². The second-order valence-electron chi connectivity index (χ2n) is 10.8. The number of primary amides is 1. The van der Waals surface area contributed by atoms with Crippen molar-refractivity contribution in [2.45, 2.75) is 25.4 Å². The lowest BCUT2D eigenvalue weighted by Crippen LogP contribution is -2.22. The zero-order valence-electron chi connectivity index (χ0n) is 25.7. The van der Waals surface area contributed by atoms with Gasteiger partial charge in [0.25, 0.3) is 11.8 Å². The van der Waals surface area contributed by atoms with Gasteiger partial charge < -0.3 is 34.0 Å². The first-order valence-corrected chi connectivity index (χ1v) is 16.1. The number of rotatable bonds is 16. The summed E-state index contributed by atoms with van der Waals surface area (Å²) in [5, 5.41) is 3.45. The molecule has 10 nitrogen and oxygen atoms in total. The van der Waals surface area contributed by atoms with Crippen LogP contribution in [0.15, 0.2) is 65.1 Å². The molecule has 0 bridgehead atoms. The molecule has 1 aromatic heterocycles. The molecule has 242 valence electrons. The zero-order valence-corrected chi connectivity index (χ0v) is 26.5. The smallest absolute Gasteiger partial charge is 0.338 e. The summed E-state index contributed by atoms with van der Waals surface area (Å²) in [6, 6.07) is 16.7. The molecular formula is C34H36FN3O7S. The van der Waals surface area contributed by atoms with Crippen LogP contribution in [-0.4, -0.2) is 64.1 Å². The molecule has 2 amide bonds. The van der Waals surface area contributed by atoms with Crippen molar-refractivity contribution in [2.75, 3.05) is 50.6 Å². The van der Waals surface area contributed by atoms with Gasteiger partial charge in [-0.15, -0.1) is 0 Å². The Morgan fingerprint density at radius 2 is 1.74 bits per heavy atom. The largest absolute Gasteiger partial charge is 0.455 e. The van der Waals surface area contributed by atoms with Crippen LogP contribution in [0.2, 0.25) is 0 Å². The highest BCUT2D eigenvalue weighted by atomic mass is 32.2. The first kappa shape index (κ1) is 33.0. The second kappa shape index (κ2) is 15.3. The number of anilines is 1. The summed E-state index contributed by atoms with van der Waals surface area (Å²) < 4.78 is 38.5. The van der Waals surface area contributed by atoms with Crippen LogP contribution in [0.25, 0.3) is 22.3 Å². The van der Waals surface area contributed by atoms with Crippen LogP contribution in [0.5, 0.6) is 0 Å². The Hall–Kier alpha value is -4.39. The number of nitrogens with two attached hydrogens (primary N) is 1. The van der Waals surface area contributed by atoms with Gasteiger partial charge in [-0.1, -0.05) is 24.1 Å². The topological polar surface area (TPSA) is 133 Å². The molecule has 1 aliphatic rings. The number of halogens is 1. The first-order valence-electron chi connectivity index (χ1n) is 14.9. The van der Waals surface area contributed by atoms with Gasteiger partial charge in [0.2, 0.25) is 0 Å². The quantitative estimate of drug-likeness (QED) is 0.0925. The van der Waals surface area contributed by atoms with E-state index in [9.17, 15) is 18.8 Å². The van der Waals surface area contributed by atoms with Crippen LogP contribution in [0.3, 0.4) is 0 Å². The van der Waals surface area contributed by atoms with Crippen LogP contribution in [0, 0.1) is 5.82 Å². The van der Waals surface area contributed by atoms with E-state index in [1.165, 1.54) is 12.1 Å². The number of furan rings is 1. The number of carbonyl (C=O) groups excluding carboxylic acids is 3. The molecule has 0 unspecified atom stereocenters. The molecule has 1 heterocycles. The minimum Gasteiger partial charge on any atom is -0.455 e. The van der Waals surface area contributed by atoms with Gasteiger partial charge >= 0.3 is 5.97 Å². The lowest BCUT2D eigenvalue weighted by atomic mass is 10.0. The van der Waals surface area contributed by atoms with E-state index in [2.05, 4.69) is 15.7 Å². The van der Waals surface area contributed by atoms with Gasteiger partial charge in [0.1, 0.15) is 17.2 Å². The average Bonchev–Trinajstić information content (AvgIpc) is 3.85. The molecule has 0 spiro atoms. The highest BCUT2D eigenvalue weighted by molar-refractivity contribution is 7.99. The van der Waals surface area contributed by atoms with E-state index in [0.717, 1.165) is 35.0 Å². The fourth-order valence-corrected chi connectivity index (χ4v) is 5.68. The maximum absolute atomic E-state index is 13.6. The molecule has 1 saturated carbocycles. The molecule has 12 heteroatoms. The number of carbonyl (C=O) groups is 3. The standard InChI is InChI=1S/C34H36FN3O7S/c1-37-33(40)31-27-17-26(22-7-8-22)28(18-29(27)45-32(31)23-9-11-25(35)12-10-23)38(46-2)13-14-42-15-16-43-19-21-3-5-24(6-4-21)34(41)44-20-30(36)39/h3-6,9-12,17-18,22H,7-8,13-16,19-20H2,1-2H3,(H2,36,39)(H,37,40). The van der Waals surface area contributed by atoms with Crippen molar-refractivity contribution in [1.82, 2.24) is 5.32 Å². The van der Waals surface area contributed by atoms with E-state index in [4.69, 9.17) is 24.4 Å². The molecule has 0 aliphatic heterocycles. The Morgan fingerprint density at radius 1 is 1.02 bits per heavy atom. The number of benzene rings is 3. The van der Waals surface area contributed by atoms with Gasteiger partial charge in [0, 0.05) is 30.3 Å². The predicted octanol–water partition coefficient (Wildman–Crippen LogP) is 5.44. The van der Waals surface area contributed by atoms with Gasteiger partial charge in [0.05, 0.1) is 49.8 Å². The van der Waals surface area contributed by atoms with E-state index in [1.54, 1.807) is 55.4 Å². The van der Waals surface area contributed by atoms with Gasteiger partial charge in [-0.2, -0.15) is 0 Å². The number of fused-ring (bicyclic) bond motifs is 1. The minimum atomic E-state index is -0.712. The van der Waals surface area contributed by atoms with Crippen LogP contribution in [0.1, 0.15) is 50.6 Å².